The summed E-state index contributed by atoms with van der Waals surface area (Å²) in [4.78, 5) is 27.9. The van der Waals surface area contributed by atoms with Crippen LogP contribution in [0.25, 0.3) is 0 Å². The number of carbonyl (C=O) groups excluding carboxylic acids is 2. The van der Waals surface area contributed by atoms with E-state index < -0.39 is 0 Å². The van der Waals surface area contributed by atoms with Crippen molar-refractivity contribution in [3.63, 3.8) is 0 Å². The third kappa shape index (κ3) is 3.33. The molecule has 2 fully saturated rings. The van der Waals surface area contributed by atoms with E-state index in [1.54, 1.807) is 6.26 Å². The summed E-state index contributed by atoms with van der Waals surface area (Å²) in [5, 5.41) is 3.24. The molecule has 25 heavy (non-hydrogen) atoms. The van der Waals surface area contributed by atoms with Crippen LogP contribution in [0.5, 0.6) is 0 Å². The van der Waals surface area contributed by atoms with Crippen LogP contribution in [-0.4, -0.2) is 29.8 Å². The molecule has 0 unspecified atom stereocenters. The van der Waals surface area contributed by atoms with Gasteiger partial charge >= 0.3 is 0 Å². The molecular formula is C20H28N2O3. The van der Waals surface area contributed by atoms with Crippen LogP contribution in [0, 0.1) is 11.8 Å². The maximum Gasteiger partial charge on any atom is 0.226 e. The zero-order valence-corrected chi connectivity index (χ0v) is 14.8. The van der Waals surface area contributed by atoms with Crippen LogP contribution in [0.15, 0.2) is 16.7 Å². The first-order valence-electron chi connectivity index (χ1n) is 9.89. The lowest BCUT2D eigenvalue weighted by molar-refractivity contribution is -0.143. The van der Waals surface area contributed by atoms with E-state index in [0.717, 1.165) is 82.2 Å². The van der Waals surface area contributed by atoms with E-state index >= 15 is 0 Å². The van der Waals surface area contributed by atoms with E-state index in [0.29, 0.717) is 0 Å². The van der Waals surface area contributed by atoms with Crippen molar-refractivity contribution in [3.05, 3.63) is 23.7 Å². The molecule has 1 aromatic rings. The molecule has 2 aliphatic carbocycles. The number of aryl methyl sites for hydroxylation is 1. The Kier molecular flexibility index (Phi) is 4.82. The highest BCUT2D eigenvalue weighted by molar-refractivity contribution is 5.88. The predicted molar refractivity (Wildman–Crippen MR) is 93.8 cm³/mol. The fourth-order valence-electron chi connectivity index (χ4n) is 4.83. The Labute approximate surface area is 149 Å². The number of amides is 2. The lowest BCUT2D eigenvalue weighted by Gasteiger charge is -2.34. The highest BCUT2D eigenvalue weighted by Gasteiger charge is 2.39. The molecule has 1 saturated carbocycles. The Morgan fingerprint density at radius 1 is 1.00 bits per heavy atom. The second-order valence-corrected chi connectivity index (χ2v) is 7.78. The number of rotatable bonds is 3. The highest BCUT2D eigenvalue weighted by Crippen LogP contribution is 2.35. The zero-order chi connectivity index (χ0) is 17.2. The number of furan rings is 1. The fourth-order valence-corrected chi connectivity index (χ4v) is 4.83. The first-order valence-corrected chi connectivity index (χ1v) is 9.89. The van der Waals surface area contributed by atoms with Gasteiger partial charge in [-0.15, -0.1) is 0 Å². The van der Waals surface area contributed by atoms with Crippen molar-refractivity contribution >= 4 is 11.8 Å². The van der Waals surface area contributed by atoms with Gasteiger partial charge in [-0.25, -0.2) is 0 Å². The number of nitrogens with one attached hydrogen (secondary N) is 1. The molecule has 3 atom stereocenters. The molecule has 1 aliphatic heterocycles. The summed E-state index contributed by atoms with van der Waals surface area (Å²) in [6.45, 7) is 1.73. The summed E-state index contributed by atoms with van der Waals surface area (Å²) in [5.74, 6) is 0.990. The first kappa shape index (κ1) is 16.7. The van der Waals surface area contributed by atoms with Crippen molar-refractivity contribution in [2.75, 3.05) is 13.1 Å². The lowest BCUT2D eigenvalue weighted by atomic mass is 9.77. The summed E-state index contributed by atoms with van der Waals surface area (Å²) in [5.41, 5.74) is 1.12. The highest BCUT2D eigenvalue weighted by atomic mass is 16.3. The summed E-state index contributed by atoms with van der Waals surface area (Å²) < 4.78 is 5.53. The monoisotopic (exact) mass is 344 g/mol. The van der Waals surface area contributed by atoms with Crippen LogP contribution in [0.2, 0.25) is 0 Å². The van der Waals surface area contributed by atoms with E-state index in [4.69, 9.17) is 4.42 Å². The SMILES string of the molecule is O=C(N[C@@H]1CCCc2occc21)[C@H]1CCCC[C@@H]1C(=O)N1CCCC1. The van der Waals surface area contributed by atoms with Crippen LogP contribution < -0.4 is 5.32 Å². The maximum absolute atomic E-state index is 13.0. The van der Waals surface area contributed by atoms with Gasteiger partial charge in [0, 0.05) is 36.9 Å². The molecule has 5 nitrogen and oxygen atoms in total. The largest absolute Gasteiger partial charge is 0.469 e. The Morgan fingerprint density at radius 3 is 2.56 bits per heavy atom. The van der Waals surface area contributed by atoms with Crippen molar-refractivity contribution in [1.82, 2.24) is 10.2 Å². The Balaban J connectivity index is 1.45. The van der Waals surface area contributed by atoms with Crippen LogP contribution in [0.4, 0.5) is 0 Å². The van der Waals surface area contributed by atoms with E-state index in [1.165, 1.54) is 0 Å². The summed E-state index contributed by atoms with van der Waals surface area (Å²) in [6, 6.07) is 2.02. The minimum Gasteiger partial charge on any atom is -0.469 e. The van der Waals surface area contributed by atoms with Gasteiger partial charge in [0.15, 0.2) is 0 Å². The quantitative estimate of drug-likeness (QED) is 0.916. The van der Waals surface area contributed by atoms with Gasteiger partial charge in [-0.1, -0.05) is 12.8 Å². The molecular weight excluding hydrogens is 316 g/mol. The number of hydrogen-bond acceptors (Lipinski definition) is 3. The van der Waals surface area contributed by atoms with Crippen molar-refractivity contribution in [2.24, 2.45) is 11.8 Å². The normalized spacial score (nSPS) is 29.3. The Bertz CT molecular complexity index is 633. The number of fused-ring (bicyclic) bond motifs is 1. The van der Waals surface area contributed by atoms with Gasteiger partial charge < -0.3 is 14.6 Å². The third-order valence-corrected chi connectivity index (χ3v) is 6.21. The topological polar surface area (TPSA) is 62.6 Å². The van der Waals surface area contributed by atoms with Gasteiger partial charge in [-0.3, -0.25) is 9.59 Å². The number of carbonyl (C=O) groups is 2. The molecule has 0 spiro atoms. The van der Waals surface area contributed by atoms with Crippen molar-refractivity contribution in [3.8, 4) is 0 Å². The smallest absolute Gasteiger partial charge is 0.226 e. The van der Waals surface area contributed by atoms with E-state index in [-0.39, 0.29) is 29.7 Å². The molecule has 2 heterocycles. The van der Waals surface area contributed by atoms with Gasteiger partial charge in [0.05, 0.1) is 12.3 Å². The van der Waals surface area contributed by atoms with E-state index in [9.17, 15) is 9.59 Å². The lowest BCUT2D eigenvalue weighted by Crippen LogP contribution is -2.45. The molecule has 136 valence electrons. The van der Waals surface area contributed by atoms with Crippen molar-refractivity contribution in [1.29, 1.82) is 0 Å². The molecule has 1 saturated heterocycles. The average Bonchev–Trinajstić information content (AvgIpc) is 3.33. The maximum atomic E-state index is 13.0. The van der Waals surface area contributed by atoms with Gasteiger partial charge in [-0.2, -0.15) is 0 Å². The van der Waals surface area contributed by atoms with Gasteiger partial charge in [0.1, 0.15) is 5.76 Å². The van der Waals surface area contributed by atoms with E-state index in [1.807, 2.05) is 11.0 Å². The Morgan fingerprint density at radius 2 is 1.76 bits per heavy atom. The average molecular weight is 344 g/mol. The van der Waals surface area contributed by atoms with Crippen LogP contribution in [-0.2, 0) is 16.0 Å². The Hall–Kier alpha value is -1.78. The molecule has 1 aromatic heterocycles. The minimum atomic E-state index is -0.167. The molecule has 0 aromatic carbocycles. The molecule has 4 rings (SSSR count). The van der Waals surface area contributed by atoms with Gasteiger partial charge in [0.25, 0.3) is 0 Å². The summed E-state index contributed by atoms with van der Waals surface area (Å²) >= 11 is 0. The van der Waals surface area contributed by atoms with Gasteiger partial charge in [0.2, 0.25) is 11.8 Å². The standard InChI is InChI=1S/C20H28N2O3/c23-19(21-17-8-5-9-18-16(17)10-13-25-18)14-6-1-2-7-15(14)20(24)22-11-3-4-12-22/h10,13-15,17H,1-9,11-12H2,(H,21,23)/t14-,15-,17+/m0/s1. The fraction of sp³-hybridized carbons (Fsp3) is 0.700. The van der Waals surface area contributed by atoms with Crippen molar-refractivity contribution < 1.29 is 14.0 Å². The molecule has 0 radical (unpaired) electrons. The molecule has 1 N–H and O–H groups in total. The molecule has 0 bridgehead atoms. The molecule has 5 heteroatoms. The van der Waals surface area contributed by atoms with E-state index in [2.05, 4.69) is 5.32 Å². The van der Waals surface area contributed by atoms with Crippen molar-refractivity contribution in [2.45, 2.75) is 63.8 Å². The van der Waals surface area contributed by atoms with Crippen LogP contribution >= 0.6 is 0 Å². The first-order chi connectivity index (χ1) is 12.2. The summed E-state index contributed by atoms with van der Waals surface area (Å²) in [7, 11) is 0. The molecule has 2 amide bonds. The number of hydrogen-bond donors (Lipinski definition) is 1. The van der Waals surface area contributed by atoms with Crippen LogP contribution in [0.1, 0.15) is 68.7 Å². The number of nitrogens with zero attached hydrogens (tertiary/aromatic N) is 1. The number of likely N-dealkylation sites (tertiary alicyclic amines) is 1. The second kappa shape index (κ2) is 7.22. The molecule has 3 aliphatic rings. The zero-order valence-electron chi connectivity index (χ0n) is 14.8. The second-order valence-electron chi connectivity index (χ2n) is 7.78. The van der Waals surface area contributed by atoms with Gasteiger partial charge in [-0.05, 0) is 44.6 Å². The predicted octanol–water partition coefficient (Wildman–Crippen LogP) is 3.20. The minimum absolute atomic E-state index is 0.0412. The third-order valence-electron chi connectivity index (χ3n) is 6.21. The van der Waals surface area contributed by atoms with Crippen LogP contribution in [0.3, 0.4) is 0 Å². The summed E-state index contributed by atoms with van der Waals surface area (Å²) in [6.07, 6.45) is 10.6.